The van der Waals surface area contributed by atoms with Crippen LogP contribution in [0.15, 0.2) is 0 Å². The summed E-state index contributed by atoms with van der Waals surface area (Å²) in [6.45, 7) is 1.79. The van der Waals surface area contributed by atoms with Gasteiger partial charge in [0.25, 0.3) is 0 Å². The van der Waals surface area contributed by atoms with Crippen LogP contribution >= 0.6 is 0 Å². The Morgan fingerprint density at radius 1 is 1.22 bits per heavy atom. The minimum absolute atomic E-state index is 0.161. The van der Waals surface area contributed by atoms with Gasteiger partial charge in [-0.25, -0.2) is 0 Å². The molecule has 100 valence electrons. The molecule has 1 rings (SSSR count). The SMILES string of the molecule is C#C[C@]1(C)CC(C(=O)OC)(C(=O)OC)C[C@H]1OC. The molecule has 1 aliphatic carbocycles. The fourth-order valence-corrected chi connectivity index (χ4v) is 2.63. The number of esters is 2. The maximum absolute atomic E-state index is 12.0. The Bertz CT molecular complexity index is 379. The highest BCUT2D eigenvalue weighted by atomic mass is 16.5. The van der Waals surface area contributed by atoms with Gasteiger partial charge in [0.05, 0.1) is 25.7 Å². The normalized spacial score (nSPS) is 29.4. The highest BCUT2D eigenvalue weighted by molar-refractivity contribution is 6.00. The zero-order chi connectivity index (χ0) is 14.0. The van der Waals surface area contributed by atoms with Crippen molar-refractivity contribution in [2.24, 2.45) is 10.8 Å². The van der Waals surface area contributed by atoms with Crippen molar-refractivity contribution in [2.45, 2.75) is 25.9 Å². The van der Waals surface area contributed by atoms with Crippen LogP contribution in [0.25, 0.3) is 0 Å². The Morgan fingerprint density at radius 2 is 1.72 bits per heavy atom. The lowest BCUT2D eigenvalue weighted by Crippen LogP contribution is -2.40. The number of ether oxygens (including phenoxy) is 3. The standard InChI is InChI=1S/C13H18O5/c1-6-12(2)8-13(10(14)17-4,11(15)18-5)7-9(12)16-3/h1,9H,7-8H2,2-5H3/t9-,12-/m1/s1. The van der Waals surface area contributed by atoms with Crippen LogP contribution in [0.1, 0.15) is 19.8 Å². The van der Waals surface area contributed by atoms with Gasteiger partial charge in [-0.1, -0.05) is 5.92 Å². The second kappa shape index (κ2) is 4.99. The summed E-state index contributed by atoms with van der Waals surface area (Å²) in [6, 6.07) is 0. The summed E-state index contributed by atoms with van der Waals surface area (Å²) >= 11 is 0. The van der Waals surface area contributed by atoms with Crippen LogP contribution in [-0.4, -0.2) is 39.4 Å². The van der Waals surface area contributed by atoms with E-state index in [1.165, 1.54) is 21.3 Å². The third kappa shape index (κ3) is 1.97. The number of hydrogen-bond donors (Lipinski definition) is 0. The fourth-order valence-electron chi connectivity index (χ4n) is 2.63. The van der Waals surface area contributed by atoms with Crippen molar-refractivity contribution in [2.75, 3.05) is 21.3 Å². The molecule has 0 heterocycles. The van der Waals surface area contributed by atoms with Gasteiger partial charge >= 0.3 is 11.9 Å². The minimum Gasteiger partial charge on any atom is -0.468 e. The predicted molar refractivity (Wildman–Crippen MR) is 63.4 cm³/mol. The van der Waals surface area contributed by atoms with Gasteiger partial charge in [0.15, 0.2) is 5.41 Å². The van der Waals surface area contributed by atoms with Crippen LogP contribution < -0.4 is 0 Å². The van der Waals surface area contributed by atoms with Gasteiger partial charge in [-0.15, -0.1) is 6.42 Å². The summed E-state index contributed by atoms with van der Waals surface area (Å²) in [4.78, 5) is 23.9. The second-order valence-electron chi connectivity index (χ2n) is 4.73. The largest absolute Gasteiger partial charge is 0.468 e. The Labute approximate surface area is 107 Å². The van der Waals surface area contributed by atoms with Crippen LogP contribution in [0.5, 0.6) is 0 Å². The molecule has 0 spiro atoms. The predicted octanol–water partition coefficient (Wildman–Crippen LogP) is 0.767. The number of rotatable bonds is 3. The van der Waals surface area contributed by atoms with Crippen molar-refractivity contribution >= 4 is 11.9 Å². The Balaban J connectivity index is 3.22. The number of carbonyl (C=O) groups excluding carboxylic acids is 2. The van der Waals surface area contributed by atoms with Crippen molar-refractivity contribution in [1.82, 2.24) is 0 Å². The summed E-state index contributed by atoms with van der Waals surface area (Å²) in [5.41, 5.74) is -2.07. The molecule has 0 amide bonds. The molecule has 0 radical (unpaired) electrons. The molecular weight excluding hydrogens is 236 g/mol. The molecule has 0 N–H and O–H groups in total. The van der Waals surface area contributed by atoms with Gasteiger partial charge in [0.2, 0.25) is 0 Å². The van der Waals surface area contributed by atoms with E-state index in [0.717, 1.165) is 0 Å². The van der Waals surface area contributed by atoms with Gasteiger partial charge in [-0.2, -0.15) is 0 Å². The van der Waals surface area contributed by atoms with Gasteiger partial charge in [-0.05, 0) is 13.3 Å². The zero-order valence-electron chi connectivity index (χ0n) is 11.1. The molecule has 5 heteroatoms. The van der Waals surface area contributed by atoms with E-state index in [-0.39, 0.29) is 18.9 Å². The molecule has 5 nitrogen and oxygen atoms in total. The van der Waals surface area contributed by atoms with E-state index in [1.807, 2.05) is 0 Å². The molecule has 1 aliphatic rings. The van der Waals surface area contributed by atoms with E-state index >= 15 is 0 Å². The van der Waals surface area contributed by atoms with Gasteiger partial charge < -0.3 is 14.2 Å². The van der Waals surface area contributed by atoms with E-state index in [1.54, 1.807) is 6.92 Å². The Morgan fingerprint density at radius 3 is 2.00 bits per heavy atom. The molecule has 0 saturated heterocycles. The number of hydrogen-bond acceptors (Lipinski definition) is 5. The maximum Gasteiger partial charge on any atom is 0.323 e. The first kappa shape index (κ1) is 14.5. The van der Waals surface area contributed by atoms with Gasteiger partial charge in [0.1, 0.15) is 0 Å². The number of methoxy groups -OCH3 is 3. The molecule has 0 bridgehead atoms. The maximum atomic E-state index is 12.0. The van der Waals surface area contributed by atoms with Gasteiger partial charge in [0, 0.05) is 13.5 Å². The second-order valence-corrected chi connectivity index (χ2v) is 4.73. The summed E-state index contributed by atoms with van der Waals surface area (Å²) < 4.78 is 14.8. The third-order valence-electron chi connectivity index (χ3n) is 3.68. The molecule has 1 saturated carbocycles. The van der Waals surface area contributed by atoms with Crippen LogP contribution in [0.2, 0.25) is 0 Å². The van der Waals surface area contributed by atoms with E-state index < -0.39 is 22.8 Å². The average Bonchev–Trinajstić information content (AvgIpc) is 2.72. The Kier molecular flexibility index (Phi) is 4.02. The molecule has 2 atom stereocenters. The molecule has 0 aliphatic heterocycles. The molecule has 0 aromatic rings. The van der Waals surface area contributed by atoms with E-state index in [9.17, 15) is 9.59 Å². The molecular formula is C13H18O5. The molecule has 1 fully saturated rings. The average molecular weight is 254 g/mol. The van der Waals surface area contributed by atoms with Crippen molar-refractivity contribution < 1.29 is 23.8 Å². The zero-order valence-corrected chi connectivity index (χ0v) is 11.1. The number of terminal acetylenes is 1. The molecule has 0 aromatic heterocycles. The number of carbonyl (C=O) groups is 2. The van der Waals surface area contributed by atoms with Gasteiger partial charge in [-0.3, -0.25) is 9.59 Å². The summed E-state index contributed by atoms with van der Waals surface area (Å²) in [7, 11) is 3.98. The first-order valence-electron chi connectivity index (χ1n) is 5.57. The van der Waals surface area contributed by atoms with Crippen LogP contribution in [0, 0.1) is 23.2 Å². The van der Waals surface area contributed by atoms with Crippen molar-refractivity contribution in [3.63, 3.8) is 0 Å². The first-order valence-corrected chi connectivity index (χ1v) is 5.57. The molecule has 0 unspecified atom stereocenters. The minimum atomic E-state index is -1.37. The van der Waals surface area contributed by atoms with Crippen molar-refractivity contribution in [3.05, 3.63) is 0 Å². The molecule has 0 aromatic carbocycles. The van der Waals surface area contributed by atoms with Crippen molar-refractivity contribution in [3.8, 4) is 12.3 Å². The monoisotopic (exact) mass is 254 g/mol. The summed E-state index contributed by atoms with van der Waals surface area (Å²) in [6.07, 6.45) is 5.45. The summed E-state index contributed by atoms with van der Waals surface area (Å²) in [5, 5.41) is 0. The van der Waals surface area contributed by atoms with Crippen LogP contribution in [-0.2, 0) is 23.8 Å². The first-order chi connectivity index (χ1) is 8.40. The van der Waals surface area contributed by atoms with Crippen molar-refractivity contribution in [1.29, 1.82) is 0 Å². The van der Waals surface area contributed by atoms with E-state index in [4.69, 9.17) is 20.6 Å². The van der Waals surface area contributed by atoms with E-state index in [2.05, 4.69) is 5.92 Å². The lowest BCUT2D eigenvalue weighted by Gasteiger charge is -2.25. The highest BCUT2D eigenvalue weighted by Gasteiger charge is 2.61. The fraction of sp³-hybridized carbons (Fsp3) is 0.692. The van der Waals surface area contributed by atoms with Crippen LogP contribution in [0.4, 0.5) is 0 Å². The van der Waals surface area contributed by atoms with E-state index in [0.29, 0.717) is 0 Å². The quantitative estimate of drug-likeness (QED) is 0.423. The molecule has 18 heavy (non-hydrogen) atoms. The smallest absolute Gasteiger partial charge is 0.323 e. The third-order valence-corrected chi connectivity index (χ3v) is 3.68. The van der Waals surface area contributed by atoms with Crippen LogP contribution in [0.3, 0.4) is 0 Å². The summed E-state index contributed by atoms with van der Waals surface area (Å²) in [5.74, 6) is 1.35. The highest BCUT2D eigenvalue weighted by Crippen LogP contribution is 2.51. The lowest BCUT2D eigenvalue weighted by atomic mass is 9.80. The lowest BCUT2D eigenvalue weighted by molar-refractivity contribution is -0.169. The Hall–Kier alpha value is -1.54. The topological polar surface area (TPSA) is 61.8 Å².